The molecular weight excluding hydrogens is 272 g/mol. The molecule has 1 aromatic rings. The number of piperazine rings is 1. The summed E-state index contributed by atoms with van der Waals surface area (Å²) in [4.78, 5) is 22.5. The van der Waals surface area contributed by atoms with Crippen LogP contribution in [0.2, 0.25) is 0 Å². The van der Waals surface area contributed by atoms with E-state index in [1.807, 2.05) is 16.6 Å². The Bertz CT molecular complexity index is 444. The van der Waals surface area contributed by atoms with Gasteiger partial charge in [0.05, 0.1) is 11.6 Å². The maximum absolute atomic E-state index is 12.7. The molecule has 1 N–H and O–H groups in total. The SMILES string of the molecule is CC(c1cncs1)N1CCCC1C(=O)N1CCNCC1. The first kappa shape index (κ1) is 14.0. The molecule has 0 saturated carbocycles. The van der Waals surface area contributed by atoms with Crippen molar-refractivity contribution in [1.29, 1.82) is 0 Å². The molecule has 2 atom stereocenters. The third-order valence-electron chi connectivity index (χ3n) is 4.37. The first-order valence-corrected chi connectivity index (χ1v) is 8.29. The number of thiazole rings is 1. The van der Waals surface area contributed by atoms with E-state index in [9.17, 15) is 4.79 Å². The maximum atomic E-state index is 12.7. The Labute approximate surface area is 124 Å². The Kier molecular flexibility index (Phi) is 4.33. The molecule has 2 fully saturated rings. The Hall–Kier alpha value is -0.980. The number of hydrogen-bond acceptors (Lipinski definition) is 5. The molecule has 0 bridgehead atoms. The summed E-state index contributed by atoms with van der Waals surface area (Å²) < 4.78 is 0. The molecule has 0 spiro atoms. The van der Waals surface area contributed by atoms with Crippen LogP contribution < -0.4 is 5.32 Å². The van der Waals surface area contributed by atoms with Crippen LogP contribution in [0.15, 0.2) is 11.7 Å². The van der Waals surface area contributed by atoms with E-state index < -0.39 is 0 Å². The third-order valence-corrected chi connectivity index (χ3v) is 5.31. The van der Waals surface area contributed by atoms with Crippen LogP contribution in [0, 0.1) is 0 Å². The van der Waals surface area contributed by atoms with Gasteiger partial charge in [-0.05, 0) is 26.3 Å². The van der Waals surface area contributed by atoms with Gasteiger partial charge in [-0.1, -0.05) is 0 Å². The zero-order chi connectivity index (χ0) is 13.9. The van der Waals surface area contributed by atoms with Crippen molar-refractivity contribution in [2.24, 2.45) is 0 Å². The summed E-state index contributed by atoms with van der Waals surface area (Å²) >= 11 is 1.68. The first-order chi connectivity index (χ1) is 9.77. The minimum Gasteiger partial charge on any atom is -0.339 e. The molecular formula is C14H22N4OS. The number of rotatable bonds is 3. The van der Waals surface area contributed by atoms with Gasteiger partial charge in [0.25, 0.3) is 0 Å². The van der Waals surface area contributed by atoms with Gasteiger partial charge in [0.2, 0.25) is 5.91 Å². The average molecular weight is 294 g/mol. The molecule has 0 aliphatic carbocycles. The topological polar surface area (TPSA) is 48.5 Å². The van der Waals surface area contributed by atoms with Crippen molar-refractivity contribution in [3.63, 3.8) is 0 Å². The highest BCUT2D eigenvalue weighted by Crippen LogP contribution is 2.31. The van der Waals surface area contributed by atoms with E-state index in [2.05, 4.69) is 22.1 Å². The Balaban J connectivity index is 1.70. The van der Waals surface area contributed by atoms with Gasteiger partial charge in [0.15, 0.2) is 0 Å². The molecule has 110 valence electrons. The maximum Gasteiger partial charge on any atom is 0.240 e. The van der Waals surface area contributed by atoms with Gasteiger partial charge in [0.1, 0.15) is 0 Å². The minimum atomic E-state index is 0.0604. The quantitative estimate of drug-likeness (QED) is 0.907. The van der Waals surface area contributed by atoms with E-state index in [4.69, 9.17) is 0 Å². The van der Waals surface area contributed by atoms with Gasteiger partial charge in [-0.25, -0.2) is 0 Å². The molecule has 3 heterocycles. The van der Waals surface area contributed by atoms with Crippen LogP contribution in [-0.4, -0.2) is 59.5 Å². The number of likely N-dealkylation sites (tertiary alicyclic amines) is 1. The highest BCUT2D eigenvalue weighted by atomic mass is 32.1. The van der Waals surface area contributed by atoms with Crippen molar-refractivity contribution >= 4 is 17.2 Å². The normalized spacial score (nSPS) is 25.9. The van der Waals surface area contributed by atoms with Gasteiger partial charge < -0.3 is 10.2 Å². The number of amides is 1. The Morgan fingerprint density at radius 1 is 1.45 bits per heavy atom. The second-order valence-electron chi connectivity index (χ2n) is 5.55. The fourth-order valence-electron chi connectivity index (χ4n) is 3.21. The van der Waals surface area contributed by atoms with Gasteiger partial charge in [-0.3, -0.25) is 14.7 Å². The highest BCUT2D eigenvalue weighted by Gasteiger charge is 2.37. The molecule has 0 aromatic carbocycles. The summed E-state index contributed by atoms with van der Waals surface area (Å²) in [6, 6.07) is 0.354. The van der Waals surface area contributed by atoms with E-state index in [1.165, 1.54) is 4.88 Å². The molecule has 1 amide bonds. The molecule has 6 heteroatoms. The minimum absolute atomic E-state index is 0.0604. The van der Waals surface area contributed by atoms with Crippen LogP contribution in [0.25, 0.3) is 0 Å². The van der Waals surface area contributed by atoms with Crippen molar-refractivity contribution in [2.45, 2.75) is 31.8 Å². The largest absolute Gasteiger partial charge is 0.339 e. The van der Waals surface area contributed by atoms with Crippen LogP contribution in [-0.2, 0) is 4.79 Å². The van der Waals surface area contributed by atoms with Crippen molar-refractivity contribution in [3.05, 3.63) is 16.6 Å². The summed E-state index contributed by atoms with van der Waals surface area (Å²) in [6.07, 6.45) is 4.04. The van der Waals surface area contributed by atoms with Crippen LogP contribution >= 0.6 is 11.3 Å². The van der Waals surface area contributed by atoms with Crippen molar-refractivity contribution in [2.75, 3.05) is 32.7 Å². The monoisotopic (exact) mass is 294 g/mol. The Morgan fingerprint density at radius 2 is 2.25 bits per heavy atom. The number of aromatic nitrogens is 1. The number of nitrogens with zero attached hydrogens (tertiary/aromatic N) is 3. The summed E-state index contributed by atoms with van der Waals surface area (Å²) in [5, 5.41) is 3.30. The van der Waals surface area contributed by atoms with Crippen molar-refractivity contribution in [3.8, 4) is 0 Å². The molecule has 20 heavy (non-hydrogen) atoms. The molecule has 2 aliphatic rings. The van der Waals surface area contributed by atoms with Gasteiger partial charge in [0, 0.05) is 43.3 Å². The molecule has 2 saturated heterocycles. The van der Waals surface area contributed by atoms with E-state index in [1.54, 1.807) is 11.3 Å². The van der Waals surface area contributed by atoms with E-state index in [-0.39, 0.29) is 6.04 Å². The van der Waals surface area contributed by atoms with Crippen molar-refractivity contribution in [1.82, 2.24) is 20.1 Å². The number of hydrogen-bond donors (Lipinski definition) is 1. The lowest BCUT2D eigenvalue weighted by Gasteiger charge is -2.35. The smallest absolute Gasteiger partial charge is 0.240 e. The lowest BCUT2D eigenvalue weighted by molar-refractivity contribution is -0.137. The summed E-state index contributed by atoms with van der Waals surface area (Å²) in [7, 11) is 0. The zero-order valence-electron chi connectivity index (χ0n) is 11.9. The van der Waals surface area contributed by atoms with Crippen molar-refractivity contribution < 1.29 is 4.79 Å². The van der Waals surface area contributed by atoms with Crippen LogP contribution in [0.5, 0.6) is 0 Å². The standard InChI is InChI=1S/C14H22N4OS/c1-11(13-9-16-10-20-13)18-6-2-3-12(18)14(19)17-7-4-15-5-8-17/h9-12,15H,2-8H2,1H3. The number of carbonyl (C=O) groups is 1. The lowest BCUT2D eigenvalue weighted by atomic mass is 10.1. The van der Waals surface area contributed by atoms with Crippen LogP contribution in [0.1, 0.15) is 30.7 Å². The Morgan fingerprint density at radius 3 is 2.95 bits per heavy atom. The predicted molar refractivity (Wildman–Crippen MR) is 79.7 cm³/mol. The van der Waals surface area contributed by atoms with Gasteiger partial charge in [-0.2, -0.15) is 0 Å². The summed E-state index contributed by atoms with van der Waals surface area (Å²) in [6.45, 7) is 6.74. The molecule has 3 rings (SSSR count). The number of nitrogens with one attached hydrogen (secondary N) is 1. The molecule has 2 unspecified atom stereocenters. The van der Waals surface area contributed by atoms with E-state index in [0.717, 1.165) is 45.6 Å². The van der Waals surface area contributed by atoms with E-state index in [0.29, 0.717) is 11.9 Å². The first-order valence-electron chi connectivity index (χ1n) is 7.41. The van der Waals surface area contributed by atoms with Crippen LogP contribution in [0.4, 0.5) is 0 Å². The lowest BCUT2D eigenvalue weighted by Crippen LogP contribution is -2.52. The second-order valence-corrected chi connectivity index (χ2v) is 6.47. The number of carbonyl (C=O) groups excluding carboxylic acids is 1. The molecule has 2 aliphatic heterocycles. The second kappa shape index (κ2) is 6.20. The van der Waals surface area contributed by atoms with Gasteiger partial charge in [-0.15, -0.1) is 11.3 Å². The molecule has 0 radical (unpaired) electrons. The molecule has 5 nitrogen and oxygen atoms in total. The van der Waals surface area contributed by atoms with E-state index >= 15 is 0 Å². The highest BCUT2D eigenvalue weighted by molar-refractivity contribution is 7.09. The zero-order valence-corrected chi connectivity index (χ0v) is 12.7. The molecule has 1 aromatic heterocycles. The van der Waals surface area contributed by atoms with Gasteiger partial charge >= 0.3 is 0 Å². The fraction of sp³-hybridized carbons (Fsp3) is 0.714. The van der Waals surface area contributed by atoms with Crippen LogP contribution in [0.3, 0.4) is 0 Å². The predicted octanol–water partition coefficient (Wildman–Crippen LogP) is 1.10. The third kappa shape index (κ3) is 2.73. The summed E-state index contributed by atoms with van der Waals surface area (Å²) in [5.41, 5.74) is 1.87. The average Bonchev–Trinajstić information content (AvgIpc) is 3.18. The fourth-order valence-corrected chi connectivity index (χ4v) is 3.91. The summed E-state index contributed by atoms with van der Waals surface area (Å²) in [5.74, 6) is 0.320.